The SMILES string of the molecule is O=C1C[C@H](C(=O)Nc2ccccc2F)N=C(N2CCN(c3ccccc3)CC2)N1. The predicted octanol–water partition coefficient (Wildman–Crippen LogP) is 1.83. The van der Waals surface area contributed by atoms with Gasteiger partial charge in [0, 0.05) is 31.9 Å². The van der Waals surface area contributed by atoms with Crippen LogP contribution >= 0.6 is 0 Å². The van der Waals surface area contributed by atoms with E-state index in [4.69, 9.17) is 0 Å². The van der Waals surface area contributed by atoms with Crippen LogP contribution < -0.4 is 15.5 Å². The number of nitrogens with one attached hydrogen (secondary N) is 2. The lowest BCUT2D eigenvalue weighted by atomic mass is 10.1. The molecule has 0 spiro atoms. The molecule has 0 aromatic heterocycles. The Morgan fingerprint density at radius 2 is 1.66 bits per heavy atom. The van der Waals surface area contributed by atoms with Gasteiger partial charge in [0.15, 0.2) is 0 Å². The Morgan fingerprint density at radius 3 is 2.38 bits per heavy atom. The topological polar surface area (TPSA) is 77.0 Å². The third-order valence-corrected chi connectivity index (χ3v) is 5.04. The summed E-state index contributed by atoms with van der Waals surface area (Å²) in [4.78, 5) is 33.4. The average Bonchev–Trinajstić information content (AvgIpc) is 2.75. The summed E-state index contributed by atoms with van der Waals surface area (Å²) in [6, 6.07) is 15.2. The first-order chi connectivity index (χ1) is 14.1. The van der Waals surface area contributed by atoms with Crippen molar-refractivity contribution in [3.63, 3.8) is 0 Å². The highest BCUT2D eigenvalue weighted by Gasteiger charge is 2.31. The summed E-state index contributed by atoms with van der Waals surface area (Å²) >= 11 is 0. The second kappa shape index (κ2) is 8.30. The molecule has 2 N–H and O–H groups in total. The van der Waals surface area contributed by atoms with E-state index in [1.807, 2.05) is 23.1 Å². The molecule has 7 nitrogen and oxygen atoms in total. The molecule has 0 saturated carbocycles. The van der Waals surface area contributed by atoms with Gasteiger partial charge in [0.05, 0.1) is 12.1 Å². The predicted molar refractivity (Wildman–Crippen MR) is 109 cm³/mol. The molecule has 8 heteroatoms. The Labute approximate surface area is 168 Å². The first kappa shape index (κ1) is 18.9. The molecule has 2 aliphatic rings. The van der Waals surface area contributed by atoms with Crippen molar-refractivity contribution in [2.75, 3.05) is 36.4 Å². The van der Waals surface area contributed by atoms with Gasteiger partial charge in [0.2, 0.25) is 17.8 Å². The molecule has 0 bridgehead atoms. The molecule has 29 heavy (non-hydrogen) atoms. The summed E-state index contributed by atoms with van der Waals surface area (Å²) in [7, 11) is 0. The lowest BCUT2D eigenvalue weighted by Crippen LogP contribution is -2.56. The van der Waals surface area contributed by atoms with Crippen molar-refractivity contribution in [3.05, 3.63) is 60.4 Å². The normalized spacial score (nSPS) is 19.4. The number of rotatable bonds is 3. The number of carbonyl (C=O) groups excluding carboxylic acids is 2. The Morgan fingerprint density at radius 1 is 1.00 bits per heavy atom. The van der Waals surface area contributed by atoms with Crippen molar-refractivity contribution < 1.29 is 14.0 Å². The van der Waals surface area contributed by atoms with Crippen molar-refractivity contribution in [2.45, 2.75) is 12.5 Å². The van der Waals surface area contributed by atoms with Gasteiger partial charge in [-0.05, 0) is 24.3 Å². The number of aliphatic imine (C=N–C) groups is 1. The van der Waals surface area contributed by atoms with E-state index in [0.717, 1.165) is 18.8 Å². The van der Waals surface area contributed by atoms with E-state index >= 15 is 0 Å². The van der Waals surface area contributed by atoms with Gasteiger partial charge in [0.1, 0.15) is 11.9 Å². The van der Waals surface area contributed by atoms with Crippen LogP contribution in [0.1, 0.15) is 6.42 Å². The maximum atomic E-state index is 13.8. The maximum absolute atomic E-state index is 13.8. The summed E-state index contributed by atoms with van der Waals surface area (Å²) in [6.45, 7) is 2.92. The summed E-state index contributed by atoms with van der Waals surface area (Å²) in [6.07, 6.45) is -0.0617. The number of hydrogen-bond donors (Lipinski definition) is 2. The standard InChI is InChI=1S/C21H22FN5O2/c22-16-8-4-5-9-17(16)23-20(29)18-14-19(28)25-21(24-18)27-12-10-26(11-13-27)15-6-2-1-3-7-15/h1-9,18H,10-14H2,(H,23,29)(H,24,25,28)/t18-/m1/s1. The molecule has 4 rings (SSSR count). The minimum absolute atomic E-state index is 0.0617. The van der Waals surface area contributed by atoms with E-state index in [0.29, 0.717) is 19.0 Å². The Balaban J connectivity index is 1.42. The number of nitrogens with zero attached hydrogens (tertiary/aromatic N) is 3. The van der Waals surface area contributed by atoms with E-state index in [1.165, 1.54) is 12.1 Å². The number of amides is 2. The van der Waals surface area contributed by atoms with Crippen molar-refractivity contribution in [1.82, 2.24) is 10.2 Å². The first-order valence-corrected chi connectivity index (χ1v) is 9.58. The highest BCUT2D eigenvalue weighted by atomic mass is 19.1. The van der Waals surface area contributed by atoms with Gasteiger partial charge in [-0.25, -0.2) is 9.38 Å². The second-order valence-corrected chi connectivity index (χ2v) is 7.00. The number of piperazine rings is 1. The Hall–Kier alpha value is -3.42. The lowest BCUT2D eigenvalue weighted by Gasteiger charge is -2.38. The molecule has 2 aromatic carbocycles. The molecular formula is C21H22FN5O2. The molecule has 2 amide bonds. The number of carbonyl (C=O) groups is 2. The van der Waals surface area contributed by atoms with Crippen LogP contribution in [-0.2, 0) is 9.59 Å². The largest absolute Gasteiger partial charge is 0.368 e. The summed E-state index contributed by atoms with van der Waals surface area (Å²) in [5.41, 5.74) is 1.24. The molecular weight excluding hydrogens is 373 g/mol. The minimum atomic E-state index is -0.884. The monoisotopic (exact) mass is 395 g/mol. The zero-order valence-electron chi connectivity index (χ0n) is 15.8. The molecule has 2 aromatic rings. The lowest BCUT2D eigenvalue weighted by molar-refractivity contribution is -0.125. The number of benzene rings is 2. The van der Waals surface area contributed by atoms with Gasteiger partial charge in [-0.15, -0.1) is 0 Å². The number of para-hydroxylation sites is 2. The van der Waals surface area contributed by atoms with Crippen molar-refractivity contribution in [3.8, 4) is 0 Å². The molecule has 0 radical (unpaired) electrons. The van der Waals surface area contributed by atoms with Gasteiger partial charge < -0.3 is 15.1 Å². The minimum Gasteiger partial charge on any atom is -0.368 e. The van der Waals surface area contributed by atoms with Gasteiger partial charge in [-0.1, -0.05) is 30.3 Å². The second-order valence-electron chi connectivity index (χ2n) is 7.00. The Bertz CT molecular complexity index is 926. The van der Waals surface area contributed by atoms with Crippen LogP contribution in [0.2, 0.25) is 0 Å². The van der Waals surface area contributed by atoms with Crippen molar-refractivity contribution >= 4 is 29.1 Å². The van der Waals surface area contributed by atoms with Crippen LogP contribution in [0.3, 0.4) is 0 Å². The molecule has 150 valence electrons. The smallest absolute Gasteiger partial charge is 0.249 e. The molecule has 0 aliphatic carbocycles. The van der Waals surface area contributed by atoms with Crippen LogP contribution in [0.15, 0.2) is 59.6 Å². The number of guanidine groups is 1. The van der Waals surface area contributed by atoms with Crippen LogP contribution in [0.5, 0.6) is 0 Å². The van der Waals surface area contributed by atoms with Crippen molar-refractivity contribution in [1.29, 1.82) is 0 Å². The van der Waals surface area contributed by atoms with E-state index < -0.39 is 17.8 Å². The van der Waals surface area contributed by atoms with Crippen LogP contribution in [0.4, 0.5) is 15.8 Å². The van der Waals surface area contributed by atoms with Gasteiger partial charge in [-0.2, -0.15) is 0 Å². The van der Waals surface area contributed by atoms with Crippen molar-refractivity contribution in [2.24, 2.45) is 4.99 Å². The maximum Gasteiger partial charge on any atom is 0.249 e. The molecule has 0 unspecified atom stereocenters. The fourth-order valence-corrected chi connectivity index (χ4v) is 3.48. The van der Waals surface area contributed by atoms with Crippen LogP contribution in [0, 0.1) is 5.82 Å². The van der Waals surface area contributed by atoms with E-state index in [1.54, 1.807) is 12.1 Å². The third kappa shape index (κ3) is 4.37. The summed E-state index contributed by atoms with van der Waals surface area (Å²) < 4.78 is 13.8. The number of anilines is 2. The van der Waals surface area contributed by atoms with Crippen LogP contribution in [-0.4, -0.2) is 54.9 Å². The fraction of sp³-hybridized carbons (Fsp3) is 0.286. The van der Waals surface area contributed by atoms with Crippen LogP contribution in [0.25, 0.3) is 0 Å². The zero-order valence-corrected chi connectivity index (χ0v) is 15.8. The van der Waals surface area contributed by atoms with Gasteiger partial charge in [0.25, 0.3) is 0 Å². The Kier molecular flexibility index (Phi) is 5.41. The highest BCUT2D eigenvalue weighted by Crippen LogP contribution is 2.18. The fourth-order valence-electron chi connectivity index (χ4n) is 3.48. The highest BCUT2D eigenvalue weighted by molar-refractivity contribution is 6.06. The van der Waals surface area contributed by atoms with E-state index in [2.05, 4.69) is 32.7 Å². The molecule has 1 fully saturated rings. The summed E-state index contributed by atoms with van der Waals surface area (Å²) in [5.74, 6) is -0.885. The van der Waals surface area contributed by atoms with E-state index in [9.17, 15) is 14.0 Å². The molecule has 1 saturated heterocycles. The van der Waals surface area contributed by atoms with E-state index in [-0.39, 0.29) is 18.0 Å². The third-order valence-electron chi connectivity index (χ3n) is 5.04. The molecule has 2 heterocycles. The number of hydrogen-bond acceptors (Lipinski definition) is 5. The molecule has 1 atom stereocenters. The quantitative estimate of drug-likeness (QED) is 0.831. The summed E-state index contributed by atoms with van der Waals surface area (Å²) in [5, 5.41) is 5.29. The molecule has 2 aliphatic heterocycles. The van der Waals surface area contributed by atoms with Gasteiger partial charge in [-0.3, -0.25) is 14.9 Å². The number of halogens is 1. The average molecular weight is 395 g/mol. The first-order valence-electron chi connectivity index (χ1n) is 9.58. The zero-order chi connectivity index (χ0) is 20.2. The van der Waals surface area contributed by atoms with Gasteiger partial charge >= 0.3 is 0 Å².